The molecule has 0 radical (unpaired) electrons. The zero-order valence-electron chi connectivity index (χ0n) is 19.7. The van der Waals surface area contributed by atoms with E-state index < -0.39 is 20.0 Å². The number of nitrogens with one attached hydrogen (secondary N) is 1. The highest BCUT2D eigenvalue weighted by Crippen LogP contribution is 2.31. The number of nitrogens with zero attached hydrogens (tertiary/aromatic N) is 2. The van der Waals surface area contributed by atoms with E-state index in [4.69, 9.17) is 4.74 Å². The first kappa shape index (κ1) is 25.0. The van der Waals surface area contributed by atoms with Crippen molar-refractivity contribution in [2.24, 2.45) is 0 Å². The van der Waals surface area contributed by atoms with Crippen molar-refractivity contribution in [2.75, 3.05) is 36.8 Å². The van der Waals surface area contributed by atoms with Gasteiger partial charge in [0.15, 0.2) is 0 Å². The minimum atomic E-state index is -3.94. The summed E-state index contributed by atoms with van der Waals surface area (Å²) in [7, 11) is -4.73. The second-order valence-electron chi connectivity index (χ2n) is 8.52. The van der Waals surface area contributed by atoms with Gasteiger partial charge < -0.3 is 9.64 Å². The van der Waals surface area contributed by atoms with Crippen molar-refractivity contribution in [1.29, 1.82) is 0 Å². The first-order valence-corrected chi connectivity index (χ1v) is 14.2. The third kappa shape index (κ3) is 5.77. The molecule has 1 N–H and O–H groups in total. The Morgan fingerprint density at radius 2 is 1.49 bits per heavy atom. The summed E-state index contributed by atoms with van der Waals surface area (Å²) in [6, 6.07) is 22.1. The molecule has 0 spiro atoms. The molecule has 0 unspecified atom stereocenters. The van der Waals surface area contributed by atoms with Gasteiger partial charge in [-0.1, -0.05) is 30.3 Å². The monoisotopic (exact) mass is 515 g/mol. The van der Waals surface area contributed by atoms with Crippen LogP contribution in [0.15, 0.2) is 88.7 Å². The van der Waals surface area contributed by atoms with Gasteiger partial charge in [0.1, 0.15) is 11.9 Å². The minimum Gasteiger partial charge on any atom is -0.489 e. The van der Waals surface area contributed by atoms with Gasteiger partial charge in [-0.25, -0.2) is 21.1 Å². The van der Waals surface area contributed by atoms with E-state index in [9.17, 15) is 16.8 Å². The lowest BCUT2D eigenvalue weighted by molar-refractivity contribution is 0.179. The Labute approximate surface area is 207 Å². The SMILES string of the molecule is CN(C)S(=O)(=O)c1ccc(S(=O)(=O)Nc2ccccc2N2CCC[C@@H](Oc3ccccc3)C2)cc1. The van der Waals surface area contributed by atoms with Gasteiger partial charge in [-0.15, -0.1) is 0 Å². The van der Waals surface area contributed by atoms with Crippen molar-refractivity contribution in [2.45, 2.75) is 28.7 Å². The van der Waals surface area contributed by atoms with Gasteiger partial charge in [0.05, 0.1) is 27.7 Å². The van der Waals surface area contributed by atoms with Gasteiger partial charge in [-0.2, -0.15) is 0 Å². The molecular weight excluding hydrogens is 486 g/mol. The van der Waals surface area contributed by atoms with E-state index in [2.05, 4.69) is 9.62 Å². The number of para-hydroxylation sites is 3. The molecule has 3 aromatic carbocycles. The van der Waals surface area contributed by atoms with Crippen molar-refractivity contribution in [3.05, 3.63) is 78.9 Å². The first-order valence-electron chi connectivity index (χ1n) is 11.3. The Kier molecular flexibility index (Phi) is 7.34. The molecule has 186 valence electrons. The van der Waals surface area contributed by atoms with Crippen molar-refractivity contribution in [3.8, 4) is 5.75 Å². The van der Waals surface area contributed by atoms with Gasteiger partial charge in [0, 0.05) is 20.6 Å². The summed E-state index contributed by atoms with van der Waals surface area (Å²) >= 11 is 0. The molecule has 1 aliphatic rings. The smallest absolute Gasteiger partial charge is 0.261 e. The predicted molar refractivity (Wildman–Crippen MR) is 137 cm³/mol. The van der Waals surface area contributed by atoms with Crippen LogP contribution in [-0.4, -0.2) is 54.4 Å². The number of ether oxygens (including phenoxy) is 1. The van der Waals surface area contributed by atoms with Crippen molar-refractivity contribution < 1.29 is 21.6 Å². The van der Waals surface area contributed by atoms with Crippen LogP contribution < -0.4 is 14.4 Å². The molecule has 0 amide bonds. The molecule has 3 aromatic rings. The molecule has 1 aliphatic heterocycles. The zero-order valence-corrected chi connectivity index (χ0v) is 21.3. The van der Waals surface area contributed by atoms with Crippen LogP contribution in [0.5, 0.6) is 5.75 Å². The molecule has 0 aliphatic carbocycles. The first-order chi connectivity index (χ1) is 16.7. The molecule has 1 fully saturated rings. The number of rotatable bonds is 8. The average molecular weight is 516 g/mol. The van der Waals surface area contributed by atoms with E-state index in [-0.39, 0.29) is 15.9 Å². The Bertz CT molecular complexity index is 1360. The normalized spacial score (nSPS) is 16.8. The molecule has 0 saturated carbocycles. The largest absolute Gasteiger partial charge is 0.489 e. The highest BCUT2D eigenvalue weighted by Gasteiger charge is 2.25. The van der Waals surface area contributed by atoms with Crippen molar-refractivity contribution >= 4 is 31.4 Å². The number of sulfonamides is 2. The fraction of sp³-hybridized carbons (Fsp3) is 0.280. The predicted octanol–water partition coefficient (Wildman–Crippen LogP) is 3.79. The van der Waals surface area contributed by atoms with E-state index in [0.29, 0.717) is 12.2 Å². The van der Waals surface area contributed by atoms with Gasteiger partial charge in [-0.3, -0.25) is 4.72 Å². The summed E-state index contributed by atoms with van der Waals surface area (Å²) in [5.41, 5.74) is 1.22. The summed E-state index contributed by atoms with van der Waals surface area (Å²) in [4.78, 5) is 2.13. The number of anilines is 2. The zero-order chi connectivity index (χ0) is 25.1. The second-order valence-corrected chi connectivity index (χ2v) is 12.4. The molecule has 4 rings (SSSR count). The summed E-state index contributed by atoms with van der Waals surface area (Å²) in [5.74, 6) is 0.813. The second kappa shape index (κ2) is 10.3. The third-order valence-corrected chi connectivity index (χ3v) is 9.04. The molecule has 0 aromatic heterocycles. The van der Waals surface area contributed by atoms with Crippen LogP contribution in [0.3, 0.4) is 0 Å². The molecular formula is C25H29N3O5S2. The van der Waals surface area contributed by atoms with Gasteiger partial charge in [0.2, 0.25) is 10.0 Å². The van der Waals surface area contributed by atoms with E-state index in [1.165, 1.54) is 38.4 Å². The van der Waals surface area contributed by atoms with Crippen molar-refractivity contribution in [1.82, 2.24) is 4.31 Å². The molecule has 1 heterocycles. The van der Waals surface area contributed by atoms with Crippen LogP contribution in [0, 0.1) is 0 Å². The number of benzene rings is 3. The van der Waals surface area contributed by atoms with E-state index >= 15 is 0 Å². The van der Waals surface area contributed by atoms with Crippen LogP contribution in [0.25, 0.3) is 0 Å². The van der Waals surface area contributed by atoms with Crippen molar-refractivity contribution in [3.63, 3.8) is 0 Å². The van der Waals surface area contributed by atoms with Crippen LogP contribution in [0.1, 0.15) is 12.8 Å². The number of hydrogen-bond acceptors (Lipinski definition) is 6. The quantitative estimate of drug-likeness (QED) is 0.491. The summed E-state index contributed by atoms with van der Waals surface area (Å²) < 4.78 is 60.7. The average Bonchev–Trinajstić information content (AvgIpc) is 2.85. The standard InChI is InChI=1S/C25H29N3O5S2/c1-27(2)35(31,32)23-16-14-22(15-17-23)34(29,30)26-24-12-6-7-13-25(24)28-18-8-11-21(19-28)33-20-9-4-3-5-10-20/h3-7,9-10,12-17,21,26H,8,11,18-19H2,1-2H3/t21-/m1/s1. The fourth-order valence-electron chi connectivity index (χ4n) is 3.99. The molecule has 10 heteroatoms. The Hall–Kier alpha value is -3.08. The lowest BCUT2D eigenvalue weighted by atomic mass is 10.1. The summed E-state index contributed by atoms with van der Waals surface area (Å²) in [6.45, 7) is 1.41. The van der Waals surface area contributed by atoms with Gasteiger partial charge >= 0.3 is 0 Å². The summed E-state index contributed by atoms with van der Waals surface area (Å²) in [6.07, 6.45) is 1.82. The molecule has 8 nitrogen and oxygen atoms in total. The maximum atomic E-state index is 13.1. The lowest BCUT2D eigenvalue weighted by Crippen LogP contribution is -2.41. The fourth-order valence-corrected chi connectivity index (χ4v) is 5.96. The van der Waals surface area contributed by atoms with Crippen LogP contribution in [0.4, 0.5) is 11.4 Å². The maximum Gasteiger partial charge on any atom is 0.261 e. The molecule has 35 heavy (non-hydrogen) atoms. The summed E-state index contributed by atoms with van der Waals surface area (Å²) in [5, 5.41) is 0. The molecule has 0 bridgehead atoms. The van der Waals surface area contributed by atoms with Gasteiger partial charge in [-0.05, 0) is 61.4 Å². The van der Waals surface area contributed by atoms with Gasteiger partial charge in [0.25, 0.3) is 10.0 Å². The highest BCUT2D eigenvalue weighted by molar-refractivity contribution is 7.92. The minimum absolute atomic E-state index is 0.0120. The number of piperidine rings is 1. The van der Waals surface area contributed by atoms with Crippen LogP contribution in [-0.2, 0) is 20.0 Å². The Morgan fingerprint density at radius 3 is 2.17 bits per heavy atom. The van der Waals surface area contributed by atoms with E-state index in [1.807, 2.05) is 42.5 Å². The topological polar surface area (TPSA) is 96.0 Å². The third-order valence-electron chi connectivity index (χ3n) is 5.83. The maximum absolute atomic E-state index is 13.1. The molecule has 1 saturated heterocycles. The lowest BCUT2D eigenvalue weighted by Gasteiger charge is -2.35. The highest BCUT2D eigenvalue weighted by atomic mass is 32.2. The van der Waals surface area contributed by atoms with E-state index in [0.717, 1.165) is 35.1 Å². The molecule has 1 atom stereocenters. The van der Waals surface area contributed by atoms with Crippen LogP contribution >= 0.6 is 0 Å². The van der Waals surface area contributed by atoms with Crippen LogP contribution in [0.2, 0.25) is 0 Å². The number of hydrogen-bond donors (Lipinski definition) is 1. The Morgan fingerprint density at radius 1 is 0.857 bits per heavy atom. The van der Waals surface area contributed by atoms with E-state index in [1.54, 1.807) is 12.1 Å². The Balaban J connectivity index is 1.53.